The molecule has 6 aromatic rings. The third-order valence-corrected chi connectivity index (χ3v) is 4.64. The average molecular weight is 496 g/mol. The van der Waals surface area contributed by atoms with Gasteiger partial charge in [0.1, 0.15) is 0 Å². The van der Waals surface area contributed by atoms with Crippen LogP contribution in [0.4, 0.5) is 0 Å². The molecule has 0 saturated carbocycles. The van der Waals surface area contributed by atoms with Crippen molar-refractivity contribution in [3.05, 3.63) is 127 Å². The number of hydrogen-bond donors (Lipinski definition) is 0. The minimum atomic E-state index is 0. The molecule has 0 nitrogen and oxygen atoms in total. The Kier molecular flexibility index (Phi) is 7.63. The summed E-state index contributed by atoms with van der Waals surface area (Å²) in [4.78, 5) is 0. The number of benzene rings is 3. The maximum Gasteiger partial charge on any atom is 3.00 e. The maximum atomic E-state index is 2.12. The molecule has 0 unspecified atom stereocenters. The van der Waals surface area contributed by atoms with Crippen LogP contribution in [-0.2, 0) is 0 Å². The van der Waals surface area contributed by atoms with Gasteiger partial charge in [-0.05, 0) is 0 Å². The molecule has 0 N–H and O–H groups in total. The summed E-state index contributed by atoms with van der Waals surface area (Å²) in [6.07, 6.45) is 0. The van der Waals surface area contributed by atoms with Crippen molar-refractivity contribution in [2.45, 2.75) is 0 Å². The van der Waals surface area contributed by atoms with Gasteiger partial charge in [-0.15, -0.1) is 89.0 Å². The zero-order valence-electron chi connectivity index (χ0n) is 15.5. The number of fused-ring (bicyclic) bond motifs is 3. The first-order valence-electron chi connectivity index (χ1n) is 9.21. The molecule has 0 aliphatic carbocycles. The van der Waals surface area contributed by atoms with E-state index in [0.29, 0.717) is 0 Å². The van der Waals surface area contributed by atoms with Gasteiger partial charge in [0.05, 0.1) is 0 Å². The zero-order chi connectivity index (χ0) is 18.3. The molecule has 0 spiro atoms. The normalized spacial score (nSPS) is 9.86. The van der Waals surface area contributed by atoms with E-state index < -0.39 is 0 Å². The summed E-state index contributed by atoms with van der Waals surface area (Å²) in [5, 5.41) is 7.99. The van der Waals surface area contributed by atoms with Crippen LogP contribution in [0.1, 0.15) is 0 Å². The largest absolute Gasteiger partial charge is 3.00 e. The molecule has 0 aliphatic rings. The first-order valence-corrected chi connectivity index (χ1v) is 9.21. The minimum absolute atomic E-state index is 0. The summed E-state index contributed by atoms with van der Waals surface area (Å²) in [6.45, 7) is 0. The standard InChI is InChI=1S/3C9H7.Sm/c3*1-2-5-9-7-3-6-8(9)4-1;/h3*1-7H;/q3*-1;+3. The van der Waals surface area contributed by atoms with Crippen LogP contribution in [0.25, 0.3) is 32.3 Å². The fourth-order valence-electron chi connectivity index (χ4n) is 3.21. The van der Waals surface area contributed by atoms with Crippen molar-refractivity contribution >= 4 is 32.3 Å². The SMILES string of the molecule is [Sm+3].c1ccc2[cH-]ccc2c1.c1ccc2[cH-]ccc2c1.c1ccc2[cH-]ccc2c1. The number of hydrogen-bond acceptors (Lipinski definition) is 0. The second-order valence-corrected chi connectivity index (χ2v) is 6.46. The molecule has 0 amide bonds. The smallest absolute Gasteiger partial charge is 0.168 e. The van der Waals surface area contributed by atoms with Crippen LogP contribution < -0.4 is 0 Å². The second kappa shape index (κ2) is 10.4. The summed E-state index contributed by atoms with van der Waals surface area (Å²) < 4.78 is 0. The summed E-state index contributed by atoms with van der Waals surface area (Å²) in [5.74, 6) is 0. The fourth-order valence-corrected chi connectivity index (χ4v) is 3.21. The van der Waals surface area contributed by atoms with E-state index in [9.17, 15) is 0 Å². The topological polar surface area (TPSA) is 0 Å². The summed E-state index contributed by atoms with van der Waals surface area (Å²) >= 11 is 0. The van der Waals surface area contributed by atoms with E-state index in [1.165, 1.54) is 32.3 Å². The Morgan fingerprint density at radius 1 is 0.357 bits per heavy atom. The Bertz CT molecular complexity index is 985. The fraction of sp³-hybridized carbons (Fsp3) is 0. The minimum Gasteiger partial charge on any atom is -0.168 e. The molecule has 1 heteroatoms. The molecule has 0 fully saturated rings. The Morgan fingerprint density at radius 2 is 0.643 bits per heavy atom. The van der Waals surface area contributed by atoms with Crippen molar-refractivity contribution in [2.24, 2.45) is 0 Å². The van der Waals surface area contributed by atoms with Crippen LogP contribution >= 0.6 is 0 Å². The van der Waals surface area contributed by atoms with Gasteiger partial charge < -0.3 is 0 Å². The molecule has 28 heavy (non-hydrogen) atoms. The van der Waals surface area contributed by atoms with E-state index in [-0.39, 0.29) is 40.4 Å². The molecule has 135 valence electrons. The molecule has 0 atom stereocenters. The molecule has 1 radical (unpaired) electrons. The molecule has 0 saturated heterocycles. The molecule has 0 aromatic heterocycles. The second-order valence-electron chi connectivity index (χ2n) is 6.46. The van der Waals surface area contributed by atoms with E-state index >= 15 is 0 Å². The van der Waals surface area contributed by atoms with Crippen LogP contribution in [-0.4, -0.2) is 0 Å². The van der Waals surface area contributed by atoms with E-state index in [1.54, 1.807) is 0 Å². The Hall–Kier alpha value is -2.17. The monoisotopic (exact) mass is 497 g/mol. The van der Waals surface area contributed by atoms with Crippen molar-refractivity contribution in [3.8, 4) is 0 Å². The van der Waals surface area contributed by atoms with Crippen molar-refractivity contribution in [2.75, 3.05) is 0 Å². The van der Waals surface area contributed by atoms with Crippen molar-refractivity contribution in [1.82, 2.24) is 0 Å². The van der Waals surface area contributed by atoms with Gasteiger partial charge in [0, 0.05) is 0 Å². The summed E-state index contributed by atoms with van der Waals surface area (Å²) in [6, 6.07) is 44.0. The third-order valence-electron chi connectivity index (χ3n) is 4.64. The van der Waals surface area contributed by atoms with Gasteiger partial charge in [0.15, 0.2) is 0 Å². The Balaban J connectivity index is 0.000000118. The van der Waals surface area contributed by atoms with Crippen LogP contribution in [0, 0.1) is 40.4 Å². The predicted molar refractivity (Wildman–Crippen MR) is 119 cm³/mol. The van der Waals surface area contributed by atoms with Gasteiger partial charge in [0.2, 0.25) is 0 Å². The third kappa shape index (κ3) is 5.21. The van der Waals surface area contributed by atoms with Crippen molar-refractivity contribution < 1.29 is 40.4 Å². The predicted octanol–water partition coefficient (Wildman–Crippen LogP) is 7.68. The van der Waals surface area contributed by atoms with Gasteiger partial charge >= 0.3 is 40.4 Å². The molecule has 6 aromatic carbocycles. The van der Waals surface area contributed by atoms with Gasteiger partial charge in [-0.3, -0.25) is 0 Å². The molecule has 0 aliphatic heterocycles. The Morgan fingerprint density at radius 3 is 0.929 bits per heavy atom. The van der Waals surface area contributed by atoms with Gasteiger partial charge in [-0.1, -0.05) is 18.2 Å². The van der Waals surface area contributed by atoms with E-state index in [4.69, 9.17) is 0 Å². The van der Waals surface area contributed by atoms with E-state index in [2.05, 4.69) is 127 Å². The van der Waals surface area contributed by atoms with Crippen molar-refractivity contribution in [3.63, 3.8) is 0 Å². The Labute approximate surface area is 198 Å². The zero-order valence-corrected chi connectivity index (χ0v) is 18.2. The first kappa shape index (κ1) is 20.6. The van der Waals surface area contributed by atoms with Crippen LogP contribution in [0.2, 0.25) is 0 Å². The van der Waals surface area contributed by atoms with E-state index in [1.807, 2.05) is 0 Å². The summed E-state index contributed by atoms with van der Waals surface area (Å²) in [5.41, 5.74) is 0. The quantitative estimate of drug-likeness (QED) is 0.190. The molecule has 0 heterocycles. The first-order chi connectivity index (χ1) is 13.4. The molecular weight excluding hydrogens is 475 g/mol. The van der Waals surface area contributed by atoms with E-state index in [0.717, 1.165) is 0 Å². The molecule has 0 bridgehead atoms. The van der Waals surface area contributed by atoms with Gasteiger partial charge in [-0.25, -0.2) is 0 Å². The molecular formula is C27H21Sm. The average Bonchev–Trinajstić information content (AvgIpc) is 3.48. The van der Waals surface area contributed by atoms with Crippen LogP contribution in [0.15, 0.2) is 127 Å². The maximum absolute atomic E-state index is 2.12. The molecule has 6 rings (SSSR count). The van der Waals surface area contributed by atoms with Crippen LogP contribution in [0.5, 0.6) is 0 Å². The van der Waals surface area contributed by atoms with Gasteiger partial charge in [0.25, 0.3) is 0 Å². The van der Waals surface area contributed by atoms with Crippen LogP contribution in [0.3, 0.4) is 0 Å². The van der Waals surface area contributed by atoms with Crippen molar-refractivity contribution in [1.29, 1.82) is 0 Å². The van der Waals surface area contributed by atoms with Gasteiger partial charge in [-0.2, -0.15) is 52.6 Å². The number of rotatable bonds is 0. The summed E-state index contributed by atoms with van der Waals surface area (Å²) in [7, 11) is 0.